The number of carbonyl (C=O) groups is 1. The molecule has 0 aliphatic heterocycles. The maximum atomic E-state index is 11.8. The van der Waals surface area contributed by atoms with Crippen LogP contribution in [0, 0.1) is 11.3 Å². The van der Waals surface area contributed by atoms with Gasteiger partial charge in [-0.2, -0.15) is 10.4 Å². The van der Waals surface area contributed by atoms with E-state index in [0.717, 1.165) is 5.56 Å². The van der Waals surface area contributed by atoms with Gasteiger partial charge < -0.3 is 0 Å². The number of hydrogen-bond donors (Lipinski definition) is 0. The summed E-state index contributed by atoms with van der Waals surface area (Å²) in [5.41, 5.74) is 1.95. The summed E-state index contributed by atoms with van der Waals surface area (Å²) in [6.45, 7) is 0. The van der Waals surface area contributed by atoms with E-state index in [0.29, 0.717) is 11.1 Å². The molecule has 0 unspecified atom stereocenters. The number of rotatable bonds is 3. The Kier molecular flexibility index (Phi) is 3.35. The molecule has 0 aliphatic rings. The summed E-state index contributed by atoms with van der Waals surface area (Å²) in [5, 5.41) is 12.7. The van der Waals surface area contributed by atoms with Crippen molar-refractivity contribution in [3.63, 3.8) is 0 Å². The van der Waals surface area contributed by atoms with Gasteiger partial charge in [-0.25, -0.2) is 0 Å². The fourth-order valence-electron chi connectivity index (χ4n) is 1.53. The van der Waals surface area contributed by atoms with E-state index in [4.69, 9.17) is 5.26 Å². The summed E-state index contributed by atoms with van der Waals surface area (Å²) in [5.74, 6) is -0.106. The fraction of sp³-hybridized carbons (Fsp3) is 0.0714. The molecule has 0 atom stereocenters. The number of aryl methyl sites for hydroxylation is 1. The molecule has 88 valence electrons. The highest BCUT2D eigenvalue weighted by Crippen LogP contribution is 2.07. The van der Waals surface area contributed by atoms with Gasteiger partial charge in [0.05, 0.1) is 23.4 Å². The third kappa shape index (κ3) is 2.71. The van der Waals surface area contributed by atoms with E-state index >= 15 is 0 Å². The number of aromatic nitrogens is 2. The zero-order valence-corrected chi connectivity index (χ0v) is 9.87. The second-order valence-corrected chi connectivity index (χ2v) is 3.84. The van der Waals surface area contributed by atoms with Crippen LogP contribution in [0.2, 0.25) is 0 Å². The lowest BCUT2D eigenvalue weighted by Crippen LogP contribution is -1.91. The van der Waals surface area contributed by atoms with E-state index in [9.17, 15) is 4.79 Å². The molecule has 0 bridgehead atoms. The Balaban J connectivity index is 2.16. The fourth-order valence-corrected chi connectivity index (χ4v) is 1.53. The molecule has 0 spiro atoms. The third-order valence-corrected chi connectivity index (χ3v) is 2.43. The molecule has 0 N–H and O–H groups in total. The number of ketones is 1. The Labute approximate surface area is 105 Å². The van der Waals surface area contributed by atoms with Crippen LogP contribution in [-0.4, -0.2) is 15.6 Å². The van der Waals surface area contributed by atoms with E-state index in [1.54, 1.807) is 42.2 Å². The first-order valence-electron chi connectivity index (χ1n) is 5.40. The Morgan fingerprint density at radius 3 is 3.00 bits per heavy atom. The molecule has 0 fully saturated rings. The summed E-state index contributed by atoms with van der Waals surface area (Å²) in [6.07, 6.45) is 6.36. The van der Waals surface area contributed by atoms with Crippen LogP contribution in [0.3, 0.4) is 0 Å². The van der Waals surface area contributed by atoms with Crippen molar-refractivity contribution in [2.75, 3.05) is 0 Å². The number of nitriles is 1. The lowest BCUT2D eigenvalue weighted by Gasteiger charge is -1.93. The average Bonchev–Trinajstić information content (AvgIpc) is 2.83. The predicted octanol–water partition coefficient (Wildman–Crippen LogP) is 2.19. The van der Waals surface area contributed by atoms with Crippen LogP contribution in [0.25, 0.3) is 6.08 Å². The minimum atomic E-state index is -0.106. The largest absolute Gasteiger partial charge is 0.289 e. The number of benzene rings is 1. The maximum absolute atomic E-state index is 11.8. The molecular formula is C14H11N3O. The first-order valence-corrected chi connectivity index (χ1v) is 5.40. The van der Waals surface area contributed by atoms with E-state index < -0.39 is 0 Å². The number of nitrogens with zero attached hydrogens (tertiary/aromatic N) is 3. The molecule has 4 nitrogen and oxygen atoms in total. The van der Waals surface area contributed by atoms with Gasteiger partial charge in [-0.3, -0.25) is 9.48 Å². The van der Waals surface area contributed by atoms with Gasteiger partial charge in [-0.05, 0) is 23.8 Å². The van der Waals surface area contributed by atoms with Crippen LogP contribution in [0.1, 0.15) is 21.5 Å². The summed E-state index contributed by atoms with van der Waals surface area (Å²) in [4.78, 5) is 11.8. The Morgan fingerprint density at radius 2 is 2.33 bits per heavy atom. The zero-order chi connectivity index (χ0) is 13.0. The smallest absolute Gasteiger partial charge is 0.189 e. The molecule has 1 aromatic heterocycles. The zero-order valence-electron chi connectivity index (χ0n) is 9.87. The maximum Gasteiger partial charge on any atom is 0.189 e. The highest BCUT2D eigenvalue weighted by Gasteiger charge is 2.03. The average molecular weight is 237 g/mol. The van der Waals surface area contributed by atoms with Crippen molar-refractivity contribution < 1.29 is 4.79 Å². The Morgan fingerprint density at radius 1 is 1.50 bits per heavy atom. The van der Waals surface area contributed by atoms with Gasteiger partial charge in [0.25, 0.3) is 0 Å². The van der Waals surface area contributed by atoms with Gasteiger partial charge in [0, 0.05) is 13.2 Å². The van der Waals surface area contributed by atoms with Crippen molar-refractivity contribution in [3.05, 3.63) is 59.4 Å². The number of allylic oxidation sites excluding steroid dienone is 1. The second kappa shape index (κ2) is 5.11. The van der Waals surface area contributed by atoms with Crippen molar-refractivity contribution in [2.24, 2.45) is 7.05 Å². The molecule has 0 saturated heterocycles. The standard InChI is InChI=1S/C14H11N3O/c1-17-10-13(9-16-17)14(18)6-5-11-3-2-4-12(7-11)8-15/h2-7,9-10H,1H3. The van der Waals surface area contributed by atoms with Crippen LogP contribution in [0.5, 0.6) is 0 Å². The summed E-state index contributed by atoms with van der Waals surface area (Å²) in [7, 11) is 1.76. The summed E-state index contributed by atoms with van der Waals surface area (Å²) in [6, 6.07) is 9.14. The van der Waals surface area contributed by atoms with Gasteiger partial charge >= 0.3 is 0 Å². The summed E-state index contributed by atoms with van der Waals surface area (Å²) >= 11 is 0. The molecule has 1 heterocycles. The predicted molar refractivity (Wildman–Crippen MR) is 67.7 cm³/mol. The molecule has 1 aromatic carbocycles. The van der Waals surface area contributed by atoms with Crippen LogP contribution >= 0.6 is 0 Å². The van der Waals surface area contributed by atoms with Gasteiger partial charge in [0.1, 0.15) is 0 Å². The molecule has 18 heavy (non-hydrogen) atoms. The minimum absolute atomic E-state index is 0.106. The second-order valence-electron chi connectivity index (χ2n) is 3.84. The molecule has 4 heteroatoms. The van der Waals surface area contributed by atoms with Crippen molar-refractivity contribution in [2.45, 2.75) is 0 Å². The minimum Gasteiger partial charge on any atom is -0.289 e. The number of carbonyl (C=O) groups excluding carboxylic acids is 1. The summed E-state index contributed by atoms with van der Waals surface area (Å²) < 4.78 is 1.58. The van der Waals surface area contributed by atoms with E-state index in [-0.39, 0.29) is 5.78 Å². The van der Waals surface area contributed by atoms with E-state index in [1.807, 2.05) is 6.07 Å². The van der Waals surface area contributed by atoms with Gasteiger partial charge in [0.15, 0.2) is 5.78 Å². The lowest BCUT2D eigenvalue weighted by atomic mass is 10.1. The molecule has 0 saturated carbocycles. The Hall–Kier alpha value is -2.67. The molecule has 2 rings (SSSR count). The van der Waals surface area contributed by atoms with Crippen molar-refractivity contribution >= 4 is 11.9 Å². The molecular weight excluding hydrogens is 226 g/mol. The van der Waals surface area contributed by atoms with Crippen molar-refractivity contribution in [1.29, 1.82) is 5.26 Å². The van der Waals surface area contributed by atoms with Gasteiger partial charge in [0.2, 0.25) is 0 Å². The SMILES string of the molecule is Cn1cc(C(=O)C=Cc2cccc(C#N)c2)cn1. The monoisotopic (exact) mass is 237 g/mol. The van der Waals surface area contributed by atoms with Crippen LogP contribution in [0.4, 0.5) is 0 Å². The third-order valence-electron chi connectivity index (χ3n) is 2.43. The normalized spacial score (nSPS) is 10.4. The highest BCUT2D eigenvalue weighted by atomic mass is 16.1. The Bertz CT molecular complexity index is 647. The van der Waals surface area contributed by atoms with Crippen LogP contribution in [0.15, 0.2) is 42.7 Å². The lowest BCUT2D eigenvalue weighted by molar-refractivity contribution is 0.104. The quantitative estimate of drug-likeness (QED) is 0.607. The van der Waals surface area contributed by atoms with Gasteiger partial charge in [-0.1, -0.05) is 18.2 Å². The van der Waals surface area contributed by atoms with Gasteiger partial charge in [-0.15, -0.1) is 0 Å². The van der Waals surface area contributed by atoms with Crippen LogP contribution < -0.4 is 0 Å². The van der Waals surface area contributed by atoms with E-state index in [1.165, 1.54) is 12.3 Å². The first-order chi connectivity index (χ1) is 8.69. The first kappa shape index (κ1) is 11.8. The molecule has 0 amide bonds. The van der Waals surface area contributed by atoms with E-state index in [2.05, 4.69) is 11.2 Å². The van der Waals surface area contributed by atoms with Crippen molar-refractivity contribution in [3.8, 4) is 6.07 Å². The molecule has 0 radical (unpaired) electrons. The molecule has 0 aliphatic carbocycles. The molecule has 2 aromatic rings. The number of hydrogen-bond acceptors (Lipinski definition) is 3. The highest BCUT2D eigenvalue weighted by molar-refractivity contribution is 6.06. The van der Waals surface area contributed by atoms with Crippen LogP contribution in [-0.2, 0) is 7.05 Å². The topological polar surface area (TPSA) is 58.7 Å². The van der Waals surface area contributed by atoms with Crippen molar-refractivity contribution in [1.82, 2.24) is 9.78 Å².